The van der Waals surface area contributed by atoms with E-state index in [9.17, 15) is 16.8 Å². The highest BCUT2D eigenvalue weighted by atomic mass is 32.2. The van der Waals surface area contributed by atoms with Gasteiger partial charge in [-0.3, -0.25) is 9.11 Å². The number of phenolic OH excluding ortho intramolecular Hbond substituents is 1. The van der Waals surface area contributed by atoms with E-state index in [1.807, 2.05) is 0 Å². The van der Waals surface area contributed by atoms with Gasteiger partial charge in [0.15, 0.2) is 0 Å². The highest BCUT2D eigenvalue weighted by Crippen LogP contribution is 2.25. The summed E-state index contributed by atoms with van der Waals surface area (Å²) < 4.78 is 59.7. The van der Waals surface area contributed by atoms with E-state index in [-0.39, 0.29) is 6.15 Å². The Morgan fingerprint density at radius 1 is 0.938 bits per heavy atom. The zero-order valence-electron chi connectivity index (χ0n) is 7.73. The summed E-state index contributed by atoms with van der Waals surface area (Å²) in [6, 6.07) is 1.96. The Morgan fingerprint density at radius 3 is 1.81 bits per heavy atom. The maximum Gasteiger partial charge on any atom is 0.298 e. The van der Waals surface area contributed by atoms with Gasteiger partial charge in [-0.25, -0.2) is 0 Å². The lowest BCUT2D eigenvalue weighted by Crippen LogP contribution is -2.03. The van der Waals surface area contributed by atoms with Gasteiger partial charge in [0, 0.05) is 0 Å². The Bertz CT molecular complexity index is 589. The number of hydrogen-bond donors (Lipinski definition) is 4. The average molecular weight is 271 g/mol. The van der Waals surface area contributed by atoms with Gasteiger partial charge < -0.3 is 11.3 Å². The summed E-state index contributed by atoms with van der Waals surface area (Å²) in [5, 5.41) is 9.02. The molecule has 16 heavy (non-hydrogen) atoms. The SMILES string of the molecule is N.O=S(=O)(O)c1ccc(O)c(S(=O)(=O)O)c1. The quantitative estimate of drug-likeness (QED) is 0.547. The summed E-state index contributed by atoms with van der Waals surface area (Å²) in [6.45, 7) is 0. The highest BCUT2D eigenvalue weighted by molar-refractivity contribution is 7.86. The minimum Gasteiger partial charge on any atom is -0.506 e. The third-order valence-electron chi connectivity index (χ3n) is 1.51. The van der Waals surface area contributed by atoms with Crippen LogP contribution in [0.3, 0.4) is 0 Å². The number of aromatic hydroxyl groups is 1. The fraction of sp³-hybridized carbons (Fsp3) is 0. The van der Waals surface area contributed by atoms with Gasteiger partial charge in [0.2, 0.25) is 0 Å². The van der Waals surface area contributed by atoms with E-state index < -0.39 is 35.8 Å². The number of rotatable bonds is 2. The fourth-order valence-electron chi connectivity index (χ4n) is 0.862. The first-order valence-corrected chi connectivity index (χ1v) is 6.28. The molecule has 0 heterocycles. The topological polar surface area (TPSA) is 164 Å². The third kappa shape index (κ3) is 3.15. The summed E-state index contributed by atoms with van der Waals surface area (Å²) in [4.78, 5) is -1.73. The van der Waals surface area contributed by atoms with Crippen LogP contribution in [0.25, 0.3) is 0 Å². The Labute approximate surface area is 91.6 Å². The monoisotopic (exact) mass is 271 g/mol. The predicted molar refractivity (Wildman–Crippen MR) is 52.8 cm³/mol. The molecule has 0 bridgehead atoms. The highest BCUT2D eigenvalue weighted by Gasteiger charge is 2.19. The van der Waals surface area contributed by atoms with Crippen molar-refractivity contribution in [3.05, 3.63) is 18.2 Å². The van der Waals surface area contributed by atoms with E-state index in [1.54, 1.807) is 0 Å². The molecule has 1 aromatic rings. The Morgan fingerprint density at radius 2 is 1.44 bits per heavy atom. The van der Waals surface area contributed by atoms with Gasteiger partial charge in [-0.15, -0.1) is 0 Å². The number of hydrogen-bond acceptors (Lipinski definition) is 6. The van der Waals surface area contributed by atoms with Crippen LogP contribution in [0.4, 0.5) is 0 Å². The molecule has 6 N–H and O–H groups in total. The molecule has 0 amide bonds. The van der Waals surface area contributed by atoms with Crippen LogP contribution in [0.15, 0.2) is 28.0 Å². The van der Waals surface area contributed by atoms with Crippen molar-refractivity contribution in [1.29, 1.82) is 0 Å². The maximum absolute atomic E-state index is 10.7. The summed E-state index contributed by atoms with van der Waals surface area (Å²) in [6.07, 6.45) is 0. The molecule has 0 fully saturated rings. The second-order valence-electron chi connectivity index (χ2n) is 2.58. The molecule has 0 aliphatic rings. The van der Waals surface area contributed by atoms with Crippen molar-refractivity contribution in [2.45, 2.75) is 9.79 Å². The van der Waals surface area contributed by atoms with Crippen molar-refractivity contribution in [2.24, 2.45) is 0 Å². The molecule has 0 aliphatic heterocycles. The minimum atomic E-state index is -4.74. The van der Waals surface area contributed by atoms with Gasteiger partial charge in [0.25, 0.3) is 20.2 Å². The standard InChI is InChI=1S/C6H6O7S2.H3N/c7-5-2-1-4(14(8,9)10)3-6(5)15(11,12)13;/h1-3,7H,(H,8,9,10)(H,11,12,13);1H3. The van der Waals surface area contributed by atoms with Crippen LogP contribution in [0.5, 0.6) is 5.75 Å². The summed E-state index contributed by atoms with van der Waals surface area (Å²) >= 11 is 0. The van der Waals surface area contributed by atoms with Crippen molar-refractivity contribution in [3.63, 3.8) is 0 Å². The number of benzene rings is 1. The Balaban J connectivity index is 0.00000225. The second kappa shape index (κ2) is 4.35. The van der Waals surface area contributed by atoms with Gasteiger partial charge in [0.1, 0.15) is 10.6 Å². The van der Waals surface area contributed by atoms with Crippen molar-refractivity contribution in [1.82, 2.24) is 6.15 Å². The summed E-state index contributed by atoms with van der Waals surface area (Å²) in [7, 11) is -9.33. The molecule has 0 aliphatic carbocycles. The third-order valence-corrected chi connectivity index (χ3v) is 3.24. The van der Waals surface area contributed by atoms with Crippen LogP contribution in [0, 0.1) is 0 Å². The van der Waals surface area contributed by atoms with E-state index in [0.717, 1.165) is 12.1 Å². The molecule has 1 aromatic carbocycles. The molecular formula is C6H9NO7S2. The molecule has 0 atom stereocenters. The largest absolute Gasteiger partial charge is 0.506 e. The van der Waals surface area contributed by atoms with Gasteiger partial charge in [-0.1, -0.05) is 0 Å². The average Bonchev–Trinajstić information content (AvgIpc) is 2.00. The van der Waals surface area contributed by atoms with Crippen molar-refractivity contribution in [2.75, 3.05) is 0 Å². The van der Waals surface area contributed by atoms with Crippen LogP contribution in [-0.4, -0.2) is 31.0 Å². The molecule has 0 saturated heterocycles. The van der Waals surface area contributed by atoms with Gasteiger partial charge in [-0.2, -0.15) is 16.8 Å². The van der Waals surface area contributed by atoms with E-state index in [4.69, 9.17) is 14.2 Å². The first-order valence-electron chi connectivity index (χ1n) is 3.40. The molecular weight excluding hydrogens is 262 g/mol. The van der Waals surface area contributed by atoms with E-state index in [1.165, 1.54) is 0 Å². The second-order valence-corrected chi connectivity index (χ2v) is 5.39. The van der Waals surface area contributed by atoms with Crippen molar-refractivity contribution < 1.29 is 31.0 Å². The van der Waals surface area contributed by atoms with Crippen LogP contribution in [0.1, 0.15) is 0 Å². The van der Waals surface area contributed by atoms with E-state index in [2.05, 4.69) is 0 Å². The zero-order valence-corrected chi connectivity index (χ0v) is 9.36. The molecule has 0 saturated carbocycles. The van der Waals surface area contributed by atoms with Crippen LogP contribution >= 0.6 is 0 Å². The lowest BCUT2D eigenvalue weighted by Gasteiger charge is -2.02. The molecule has 0 unspecified atom stereocenters. The molecule has 0 aromatic heterocycles. The zero-order chi connectivity index (χ0) is 11.9. The molecule has 8 nitrogen and oxygen atoms in total. The minimum absolute atomic E-state index is 0. The Hall–Kier alpha value is -1.20. The molecule has 0 radical (unpaired) electrons. The first kappa shape index (κ1) is 14.8. The van der Waals surface area contributed by atoms with Crippen molar-refractivity contribution in [3.8, 4) is 5.75 Å². The van der Waals surface area contributed by atoms with Crippen molar-refractivity contribution >= 4 is 20.2 Å². The smallest absolute Gasteiger partial charge is 0.298 e. The van der Waals surface area contributed by atoms with Gasteiger partial charge >= 0.3 is 0 Å². The number of phenols is 1. The van der Waals surface area contributed by atoms with Crippen LogP contribution < -0.4 is 6.15 Å². The fourth-order valence-corrected chi connectivity index (χ4v) is 2.05. The predicted octanol–water partition coefficient (Wildman–Crippen LogP) is 0.0476. The van der Waals surface area contributed by atoms with Crippen LogP contribution in [-0.2, 0) is 20.2 Å². The van der Waals surface area contributed by atoms with Crippen LogP contribution in [0.2, 0.25) is 0 Å². The molecule has 1 rings (SSSR count). The van der Waals surface area contributed by atoms with Gasteiger partial charge in [-0.05, 0) is 18.2 Å². The molecule has 92 valence electrons. The molecule has 0 spiro atoms. The lowest BCUT2D eigenvalue weighted by atomic mass is 10.3. The Kier molecular flexibility index (Phi) is 4.02. The summed E-state index contributed by atoms with van der Waals surface area (Å²) in [5.41, 5.74) is 0. The molecule has 10 heteroatoms. The normalized spacial score (nSPS) is 11.9. The van der Waals surface area contributed by atoms with E-state index in [0.29, 0.717) is 6.07 Å². The maximum atomic E-state index is 10.7. The lowest BCUT2D eigenvalue weighted by molar-refractivity contribution is 0.442. The summed E-state index contributed by atoms with van der Waals surface area (Å²) in [5.74, 6) is -0.815. The first-order chi connectivity index (χ1) is 6.62. The van der Waals surface area contributed by atoms with E-state index >= 15 is 0 Å². The van der Waals surface area contributed by atoms with Gasteiger partial charge in [0.05, 0.1) is 4.90 Å².